The average Bonchev–Trinajstić information content (AvgIpc) is 3.53. The lowest BCUT2D eigenvalue weighted by Crippen LogP contribution is -1.93. The Morgan fingerprint density at radius 2 is 1.90 bits per heavy atom. The lowest BCUT2D eigenvalue weighted by Gasteiger charge is -2.06. The van der Waals surface area contributed by atoms with E-state index in [2.05, 4.69) is 35.1 Å². The molecule has 0 saturated heterocycles. The van der Waals surface area contributed by atoms with Crippen molar-refractivity contribution in [2.45, 2.75) is 6.92 Å². The van der Waals surface area contributed by atoms with Gasteiger partial charge in [0, 0.05) is 47.0 Å². The van der Waals surface area contributed by atoms with E-state index in [9.17, 15) is 0 Å². The highest BCUT2D eigenvalue weighted by atomic mass is 19.1. The highest BCUT2D eigenvalue weighted by molar-refractivity contribution is 5.96. The van der Waals surface area contributed by atoms with Crippen LogP contribution in [0.1, 0.15) is 5.56 Å². The molecule has 9 heteroatoms. The summed E-state index contributed by atoms with van der Waals surface area (Å²) in [6, 6.07) is 5.55. The Kier molecular flexibility index (Phi) is 3.69. The van der Waals surface area contributed by atoms with Gasteiger partial charge in [-0.05, 0) is 30.7 Å². The monoisotopic (exact) mass is 411 g/mol. The van der Waals surface area contributed by atoms with Crippen molar-refractivity contribution < 1.29 is 8.81 Å². The number of fused-ring (bicyclic) bond motifs is 2. The first-order chi connectivity index (χ1) is 15.2. The fourth-order valence-electron chi connectivity index (χ4n) is 3.74. The van der Waals surface area contributed by atoms with Gasteiger partial charge in [-0.1, -0.05) is 0 Å². The van der Waals surface area contributed by atoms with Gasteiger partial charge in [-0.3, -0.25) is 10.1 Å². The van der Waals surface area contributed by atoms with E-state index in [1.54, 1.807) is 31.1 Å². The number of aromatic amines is 2. The van der Waals surface area contributed by atoms with Crippen molar-refractivity contribution in [3.63, 3.8) is 0 Å². The minimum Gasteiger partial charge on any atom is -0.472 e. The first-order valence-electron chi connectivity index (χ1n) is 9.52. The number of aromatic nitrogens is 7. The molecule has 0 atom stereocenters. The highest BCUT2D eigenvalue weighted by Crippen LogP contribution is 2.34. The molecule has 0 spiro atoms. The van der Waals surface area contributed by atoms with Crippen LogP contribution < -0.4 is 0 Å². The summed E-state index contributed by atoms with van der Waals surface area (Å²) >= 11 is 0. The normalized spacial score (nSPS) is 11.5. The zero-order chi connectivity index (χ0) is 20.9. The van der Waals surface area contributed by atoms with Crippen molar-refractivity contribution in [2.75, 3.05) is 0 Å². The third-order valence-corrected chi connectivity index (χ3v) is 5.31. The summed E-state index contributed by atoms with van der Waals surface area (Å²) in [5, 5.41) is 7.29. The second kappa shape index (κ2) is 6.56. The van der Waals surface area contributed by atoms with E-state index >= 15 is 4.39 Å². The molecule has 0 unspecified atom stereocenters. The third-order valence-electron chi connectivity index (χ3n) is 5.31. The molecule has 0 saturated carbocycles. The molecule has 0 amide bonds. The van der Waals surface area contributed by atoms with Gasteiger partial charge in [0.1, 0.15) is 11.5 Å². The second-order valence-corrected chi connectivity index (χ2v) is 7.13. The molecule has 150 valence electrons. The summed E-state index contributed by atoms with van der Waals surface area (Å²) in [5.74, 6) is -0.0185. The predicted molar refractivity (Wildman–Crippen MR) is 112 cm³/mol. The van der Waals surface area contributed by atoms with Gasteiger partial charge in [0.15, 0.2) is 17.1 Å². The van der Waals surface area contributed by atoms with Crippen LogP contribution in [0.2, 0.25) is 0 Å². The quantitative estimate of drug-likeness (QED) is 0.438. The number of imidazole rings is 1. The number of rotatable bonds is 3. The maximum absolute atomic E-state index is 15.7. The van der Waals surface area contributed by atoms with Crippen LogP contribution in [0.15, 0.2) is 59.9 Å². The average molecular weight is 411 g/mol. The van der Waals surface area contributed by atoms with Crippen LogP contribution in [0.4, 0.5) is 4.39 Å². The molecule has 6 rings (SSSR count). The van der Waals surface area contributed by atoms with Crippen molar-refractivity contribution in [3.8, 4) is 33.8 Å². The number of hydrogen-bond acceptors (Lipinski definition) is 6. The Labute approximate surface area is 174 Å². The van der Waals surface area contributed by atoms with Crippen LogP contribution in [-0.4, -0.2) is 35.1 Å². The number of H-pyrrole nitrogens is 2. The molecule has 0 aliphatic carbocycles. The molecule has 6 aromatic rings. The number of halogens is 1. The Bertz CT molecular complexity index is 1570. The Balaban J connectivity index is 1.57. The summed E-state index contributed by atoms with van der Waals surface area (Å²) in [7, 11) is 0. The summed E-state index contributed by atoms with van der Waals surface area (Å²) < 4.78 is 20.9. The van der Waals surface area contributed by atoms with Crippen LogP contribution >= 0.6 is 0 Å². The van der Waals surface area contributed by atoms with Crippen molar-refractivity contribution >= 4 is 22.2 Å². The molecule has 8 nitrogen and oxygen atoms in total. The van der Waals surface area contributed by atoms with E-state index in [0.717, 1.165) is 16.7 Å². The lowest BCUT2D eigenvalue weighted by molar-refractivity contribution is 0.568. The zero-order valence-electron chi connectivity index (χ0n) is 16.2. The van der Waals surface area contributed by atoms with Crippen molar-refractivity contribution in [1.29, 1.82) is 0 Å². The van der Waals surface area contributed by atoms with E-state index < -0.39 is 5.82 Å². The van der Waals surface area contributed by atoms with Gasteiger partial charge in [-0.25, -0.2) is 19.3 Å². The summed E-state index contributed by atoms with van der Waals surface area (Å²) in [6.45, 7) is 1.90. The molecule has 0 bridgehead atoms. The number of hydrogen-bond donors (Lipinski definition) is 2. The fourth-order valence-corrected chi connectivity index (χ4v) is 3.74. The summed E-state index contributed by atoms with van der Waals surface area (Å²) in [6.07, 6.45) is 9.70. The van der Waals surface area contributed by atoms with Gasteiger partial charge in [-0.15, -0.1) is 0 Å². The van der Waals surface area contributed by atoms with E-state index in [4.69, 9.17) is 4.42 Å². The maximum Gasteiger partial charge on any atom is 0.184 e. The highest BCUT2D eigenvalue weighted by Gasteiger charge is 2.21. The summed E-state index contributed by atoms with van der Waals surface area (Å²) in [4.78, 5) is 20.6. The smallest absolute Gasteiger partial charge is 0.184 e. The maximum atomic E-state index is 15.7. The van der Waals surface area contributed by atoms with Crippen molar-refractivity contribution in [1.82, 2.24) is 35.1 Å². The van der Waals surface area contributed by atoms with Crippen LogP contribution in [0, 0.1) is 12.7 Å². The van der Waals surface area contributed by atoms with Crippen LogP contribution in [-0.2, 0) is 0 Å². The van der Waals surface area contributed by atoms with Crippen LogP contribution in [0.25, 0.3) is 56.0 Å². The number of nitrogens with one attached hydrogen (secondary N) is 2. The van der Waals surface area contributed by atoms with Gasteiger partial charge in [0.2, 0.25) is 0 Å². The van der Waals surface area contributed by atoms with E-state index in [0.29, 0.717) is 33.8 Å². The molecule has 0 aromatic carbocycles. The van der Waals surface area contributed by atoms with Gasteiger partial charge >= 0.3 is 0 Å². The second-order valence-electron chi connectivity index (χ2n) is 7.13. The first-order valence-corrected chi connectivity index (χ1v) is 9.52. The molecule has 0 aliphatic heterocycles. The molecule has 0 radical (unpaired) electrons. The van der Waals surface area contributed by atoms with Crippen LogP contribution in [0.5, 0.6) is 0 Å². The van der Waals surface area contributed by atoms with E-state index in [1.165, 1.54) is 6.20 Å². The van der Waals surface area contributed by atoms with Gasteiger partial charge in [0.05, 0.1) is 23.4 Å². The van der Waals surface area contributed by atoms with Crippen molar-refractivity contribution in [3.05, 3.63) is 66.9 Å². The Hall–Kier alpha value is -4.40. The minimum atomic E-state index is -0.437. The van der Waals surface area contributed by atoms with E-state index in [-0.39, 0.29) is 11.0 Å². The molecule has 0 fully saturated rings. The zero-order valence-corrected chi connectivity index (χ0v) is 16.2. The van der Waals surface area contributed by atoms with Gasteiger partial charge in [-0.2, -0.15) is 5.10 Å². The largest absolute Gasteiger partial charge is 0.472 e. The minimum absolute atomic E-state index is 0.254. The molecule has 0 aliphatic rings. The number of furan rings is 1. The topological polar surface area (TPSA) is 109 Å². The molecule has 2 N–H and O–H groups in total. The molecule has 31 heavy (non-hydrogen) atoms. The number of pyridine rings is 3. The predicted octanol–water partition coefficient (Wildman–Crippen LogP) is 4.67. The molecular weight excluding hydrogens is 397 g/mol. The standard InChI is InChI=1S/C22H14FN7O/c1-11-2-5-24-8-14(11)15-9-26-20-16(17(15)23)19(29-30-20)22-27-18-13(12-4-7-31-10-12)3-6-25-21(18)28-22/h2-10H,1H3,(H,25,27,28)(H,26,29,30). The Morgan fingerprint density at radius 3 is 2.74 bits per heavy atom. The first kappa shape index (κ1) is 17.5. The lowest BCUT2D eigenvalue weighted by atomic mass is 10.0. The molecule has 6 heterocycles. The van der Waals surface area contributed by atoms with Gasteiger partial charge < -0.3 is 9.40 Å². The molecule has 6 aromatic heterocycles. The van der Waals surface area contributed by atoms with E-state index in [1.807, 2.05) is 25.1 Å². The SMILES string of the molecule is Cc1ccncc1-c1cnc2n[nH]c(-c3nc4nccc(-c5ccoc5)c4[nH]3)c2c1F. The third kappa shape index (κ3) is 2.63. The van der Waals surface area contributed by atoms with Gasteiger partial charge in [0.25, 0.3) is 0 Å². The van der Waals surface area contributed by atoms with Crippen molar-refractivity contribution in [2.24, 2.45) is 0 Å². The summed E-state index contributed by atoms with van der Waals surface area (Å²) in [5.41, 5.74) is 5.59. The fraction of sp³-hybridized carbons (Fsp3) is 0.0455. The number of aryl methyl sites for hydroxylation is 1. The Morgan fingerprint density at radius 1 is 0.968 bits per heavy atom. The van der Waals surface area contributed by atoms with Crippen LogP contribution in [0.3, 0.4) is 0 Å². The number of nitrogens with zero attached hydrogens (tertiary/aromatic N) is 5. The molecular formula is C22H14FN7O.